The summed E-state index contributed by atoms with van der Waals surface area (Å²) in [6, 6.07) is 6.17. The molecule has 2 rings (SSSR count). The van der Waals surface area contributed by atoms with Crippen molar-refractivity contribution in [3.63, 3.8) is 0 Å². The van der Waals surface area contributed by atoms with E-state index in [1.165, 1.54) is 24.3 Å². The van der Waals surface area contributed by atoms with E-state index >= 15 is 0 Å². The molecule has 26 heavy (non-hydrogen) atoms. The molecule has 6 nitrogen and oxygen atoms in total. The fraction of sp³-hybridized carbons (Fsp3) is 0.312. The zero-order valence-electron chi connectivity index (χ0n) is 14.0. The molecule has 1 aromatic heterocycles. The average Bonchev–Trinajstić information content (AvgIpc) is 2.50. The number of carbonyl (C=O) groups is 1. The Morgan fingerprint density at radius 2 is 1.73 bits per heavy atom. The number of carbonyl (C=O) groups excluding carboxylic acids is 1. The molecule has 0 saturated carbocycles. The van der Waals surface area contributed by atoms with Gasteiger partial charge in [-0.3, -0.25) is 4.79 Å². The number of hydrogen-bond acceptors (Lipinski definition) is 6. The van der Waals surface area contributed by atoms with E-state index in [-0.39, 0.29) is 28.4 Å². The zero-order chi connectivity index (χ0) is 19.5. The van der Waals surface area contributed by atoms with Crippen molar-refractivity contribution in [2.24, 2.45) is 5.92 Å². The SMILES string of the molecule is CC(C)C(Sc1nc(N)cc(N)n1)C(=O)Nc1ccccc1C(F)(F)F. The molecule has 2 aromatic rings. The minimum absolute atomic E-state index is 0.144. The number of halogens is 3. The normalized spacial score (nSPS) is 12.8. The molecule has 1 aromatic carbocycles. The van der Waals surface area contributed by atoms with Crippen molar-refractivity contribution < 1.29 is 18.0 Å². The van der Waals surface area contributed by atoms with E-state index in [1.807, 2.05) is 0 Å². The number of benzene rings is 1. The Balaban J connectivity index is 2.25. The van der Waals surface area contributed by atoms with E-state index in [0.717, 1.165) is 17.8 Å². The van der Waals surface area contributed by atoms with Crippen LogP contribution in [0.4, 0.5) is 30.5 Å². The van der Waals surface area contributed by atoms with Gasteiger partial charge in [0.1, 0.15) is 11.6 Å². The summed E-state index contributed by atoms with van der Waals surface area (Å²) in [6.45, 7) is 3.53. The van der Waals surface area contributed by atoms with Crippen LogP contribution < -0.4 is 16.8 Å². The predicted molar refractivity (Wildman–Crippen MR) is 95.4 cm³/mol. The molecule has 0 bridgehead atoms. The number of amides is 1. The lowest BCUT2D eigenvalue weighted by molar-refractivity contribution is -0.137. The van der Waals surface area contributed by atoms with Crippen molar-refractivity contribution >= 4 is 35.0 Å². The molecule has 1 heterocycles. The molecule has 0 fully saturated rings. The van der Waals surface area contributed by atoms with Crippen LogP contribution in [0.5, 0.6) is 0 Å². The predicted octanol–water partition coefficient (Wildman–Crippen LogP) is 3.42. The molecular weight excluding hydrogens is 367 g/mol. The average molecular weight is 385 g/mol. The Morgan fingerprint density at radius 3 is 2.27 bits per heavy atom. The van der Waals surface area contributed by atoms with Gasteiger partial charge >= 0.3 is 6.18 Å². The third-order valence-electron chi connectivity index (χ3n) is 3.33. The number of rotatable bonds is 5. The second-order valence-corrected chi connectivity index (χ2v) is 6.92. The van der Waals surface area contributed by atoms with Gasteiger partial charge in [0.15, 0.2) is 5.16 Å². The van der Waals surface area contributed by atoms with Crippen LogP contribution in [0.1, 0.15) is 19.4 Å². The van der Waals surface area contributed by atoms with Gasteiger partial charge < -0.3 is 16.8 Å². The van der Waals surface area contributed by atoms with Crippen molar-refractivity contribution in [1.29, 1.82) is 0 Å². The summed E-state index contributed by atoms with van der Waals surface area (Å²) in [5, 5.41) is 1.79. The Morgan fingerprint density at radius 1 is 1.15 bits per heavy atom. The number of para-hydroxylation sites is 1. The van der Waals surface area contributed by atoms with Crippen molar-refractivity contribution in [2.75, 3.05) is 16.8 Å². The number of aromatic nitrogens is 2. The summed E-state index contributed by atoms with van der Waals surface area (Å²) < 4.78 is 39.3. The van der Waals surface area contributed by atoms with Crippen LogP contribution in [0.25, 0.3) is 0 Å². The lowest BCUT2D eigenvalue weighted by Gasteiger charge is -2.20. The summed E-state index contributed by atoms with van der Waals surface area (Å²) in [5.74, 6) is -0.508. The summed E-state index contributed by atoms with van der Waals surface area (Å²) in [5.41, 5.74) is 10.0. The molecule has 1 amide bonds. The lowest BCUT2D eigenvalue weighted by Crippen LogP contribution is -2.30. The third kappa shape index (κ3) is 5.01. The Hall–Kier alpha value is -2.49. The van der Waals surface area contributed by atoms with Crippen molar-refractivity contribution in [1.82, 2.24) is 9.97 Å². The van der Waals surface area contributed by atoms with Gasteiger partial charge in [-0.2, -0.15) is 13.2 Å². The number of nitrogens with zero attached hydrogens (tertiary/aromatic N) is 2. The Bertz CT molecular complexity index is 777. The highest BCUT2D eigenvalue weighted by molar-refractivity contribution is 8.00. The molecular formula is C16H18F3N5OS. The van der Waals surface area contributed by atoms with E-state index < -0.39 is 22.9 Å². The van der Waals surface area contributed by atoms with E-state index in [0.29, 0.717) is 0 Å². The van der Waals surface area contributed by atoms with Gasteiger partial charge in [-0.25, -0.2) is 9.97 Å². The van der Waals surface area contributed by atoms with Gasteiger partial charge in [-0.15, -0.1) is 0 Å². The van der Waals surface area contributed by atoms with E-state index in [4.69, 9.17) is 11.5 Å². The van der Waals surface area contributed by atoms with Crippen LogP contribution in [0.15, 0.2) is 35.5 Å². The molecule has 0 aliphatic heterocycles. The smallest absolute Gasteiger partial charge is 0.383 e. The van der Waals surface area contributed by atoms with Crippen molar-refractivity contribution in [3.05, 3.63) is 35.9 Å². The number of thioether (sulfide) groups is 1. The van der Waals surface area contributed by atoms with Gasteiger partial charge in [-0.1, -0.05) is 37.7 Å². The summed E-state index contributed by atoms with van der Waals surface area (Å²) >= 11 is 0.990. The first-order valence-corrected chi connectivity index (χ1v) is 8.49. The first kappa shape index (κ1) is 19.8. The van der Waals surface area contributed by atoms with Crippen molar-refractivity contribution in [2.45, 2.75) is 30.4 Å². The van der Waals surface area contributed by atoms with Crippen LogP contribution in [-0.2, 0) is 11.0 Å². The van der Waals surface area contributed by atoms with Crippen LogP contribution in [-0.4, -0.2) is 21.1 Å². The highest BCUT2D eigenvalue weighted by Gasteiger charge is 2.34. The fourth-order valence-electron chi connectivity index (χ4n) is 2.16. The Labute approximate surface area is 152 Å². The minimum atomic E-state index is -4.57. The quantitative estimate of drug-likeness (QED) is 0.538. The minimum Gasteiger partial charge on any atom is -0.383 e. The number of alkyl halides is 3. The van der Waals surface area contributed by atoms with Gasteiger partial charge in [-0.05, 0) is 18.1 Å². The van der Waals surface area contributed by atoms with Gasteiger partial charge in [0, 0.05) is 6.07 Å². The maximum absolute atomic E-state index is 13.1. The molecule has 0 aliphatic carbocycles. The molecule has 1 unspecified atom stereocenters. The molecule has 0 radical (unpaired) electrons. The maximum atomic E-state index is 13.1. The van der Waals surface area contributed by atoms with Crippen LogP contribution in [0, 0.1) is 5.92 Å². The molecule has 1 atom stereocenters. The van der Waals surface area contributed by atoms with Gasteiger partial charge in [0.25, 0.3) is 0 Å². The molecule has 5 N–H and O–H groups in total. The molecule has 0 spiro atoms. The highest BCUT2D eigenvalue weighted by Crippen LogP contribution is 2.35. The van der Waals surface area contributed by atoms with Crippen LogP contribution in [0.3, 0.4) is 0 Å². The third-order valence-corrected chi connectivity index (χ3v) is 4.74. The number of nitrogens with two attached hydrogens (primary N) is 2. The number of anilines is 3. The summed E-state index contributed by atoms with van der Waals surface area (Å²) in [4.78, 5) is 20.6. The fourth-order valence-corrected chi connectivity index (χ4v) is 3.15. The lowest BCUT2D eigenvalue weighted by atomic mass is 10.1. The van der Waals surface area contributed by atoms with Crippen molar-refractivity contribution in [3.8, 4) is 0 Å². The first-order chi connectivity index (χ1) is 12.1. The Kier molecular flexibility index (Phi) is 5.96. The van der Waals surface area contributed by atoms with E-state index in [2.05, 4.69) is 15.3 Å². The second-order valence-electron chi connectivity index (χ2n) is 5.82. The molecule has 140 valence electrons. The molecule has 0 saturated heterocycles. The highest BCUT2D eigenvalue weighted by atomic mass is 32.2. The summed E-state index contributed by atoms with van der Waals surface area (Å²) in [7, 11) is 0. The number of hydrogen-bond donors (Lipinski definition) is 3. The number of nitrogen functional groups attached to an aromatic ring is 2. The second kappa shape index (κ2) is 7.81. The monoisotopic (exact) mass is 385 g/mol. The standard InChI is InChI=1S/C16H18F3N5OS/c1-8(2)13(26-15-23-11(20)7-12(21)24-15)14(25)22-10-6-4-3-5-9(10)16(17,18)19/h3-8,13H,1-2H3,(H,22,25)(H4,20,21,23,24). The first-order valence-electron chi connectivity index (χ1n) is 7.61. The molecule has 10 heteroatoms. The number of nitrogens with one attached hydrogen (secondary N) is 1. The topological polar surface area (TPSA) is 107 Å². The van der Waals surface area contributed by atoms with Gasteiger partial charge in [0.2, 0.25) is 5.91 Å². The molecule has 0 aliphatic rings. The van der Waals surface area contributed by atoms with E-state index in [9.17, 15) is 18.0 Å². The summed E-state index contributed by atoms with van der Waals surface area (Å²) in [6.07, 6.45) is -4.57. The van der Waals surface area contributed by atoms with Crippen LogP contribution in [0.2, 0.25) is 0 Å². The van der Waals surface area contributed by atoms with Crippen LogP contribution >= 0.6 is 11.8 Å². The van der Waals surface area contributed by atoms with Gasteiger partial charge in [0.05, 0.1) is 16.5 Å². The largest absolute Gasteiger partial charge is 0.418 e. The maximum Gasteiger partial charge on any atom is 0.418 e. The zero-order valence-corrected chi connectivity index (χ0v) is 14.9. The van der Waals surface area contributed by atoms with E-state index in [1.54, 1.807) is 13.8 Å².